The summed E-state index contributed by atoms with van der Waals surface area (Å²) in [6.45, 7) is 5.84. The normalized spacial score (nSPS) is 20.9. The van der Waals surface area contributed by atoms with Crippen molar-refractivity contribution in [1.82, 2.24) is 25.3 Å². The largest absolute Gasteiger partial charge is 0.355 e. The van der Waals surface area contributed by atoms with E-state index in [9.17, 15) is 4.79 Å². The number of nitrogens with zero attached hydrogens (tertiary/aromatic N) is 3. The van der Waals surface area contributed by atoms with Crippen molar-refractivity contribution in [1.29, 1.82) is 0 Å². The number of hydrogen-bond acceptors (Lipinski definition) is 4. The van der Waals surface area contributed by atoms with Crippen LogP contribution in [0.5, 0.6) is 0 Å². The molecule has 1 aliphatic heterocycles. The van der Waals surface area contributed by atoms with Gasteiger partial charge >= 0.3 is 0 Å². The first kappa shape index (κ1) is 13.0. The summed E-state index contributed by atoms with van der Waals surface area (Å²) in [6.07, 6.45) is 1.93. The van der Waals surface area contributed by atoms with Gasteiger partial charge < -0.3 is 10.6 Å². The fourth-order valence-electron chi connectivity index (χ4n) is 2.24. The molecule has 6 heteroatoms. The topological polar surface area (TPSA) is 62.2 Å². The van der Waals surface area contributed by atoms with E-state index >= 15 is 0 Å². The number of aryl methyl sites for hydroxylation is 1. The molecule has 1 amide bonds. The van der Waals surface area contributed by atoms with Gasteiger partial charge in [0.15, 0.2) is 0 Å². The molecule has 18 heavy (non-hydrogen) atoms. The van der Waals surface area contributed by atoms with Gasteiger partial charge in [0.1, 0.15) is 6.04 Å². The number of amides is 1. The van der Waals surface area contributed by atoms with Crippen LogP contribution < -0.4 is 10.6 Å². The number of carbonyl (C=O) groups excluding carboxylic acids is 1. The minimum Gasteiger partial charge on any atom is -0.355 e. The summed E-state index contributed by atoms with van der Waals surface area (Å²) in [5.74, 6) is 0.0978. The molecule has 0 saturated carbocycles. The molecule has 6 nitrogen and oxygen atoms in total. The van der Waals surface area contributed by atoms with E-state index in [1.54, 1.807) is 4.68 Å². The van der Waals surface area contributed by atoms with Crippen molar-refractivity contribution < 1.29 is 4.79 Å². The number of aromatic nitrogens is 2. The summed E-state index contributed by atoms with van der Waals surface area (Å²) in [5.41, 5.74) is 1.01. The maximum Gasteiger partial charge on any atom is 0.238 e. The third kappa shape index (κ3) is 3.08. The molecule has 100 valence electrons. The number of nitrogens with one attached hydrogen (secondary N) is 2. The summed E-state index contributed by atoms with van der Waals surface area (Å²) in [5, 5.41) is 10.5. The lowest BCUT2D eigenvalue weighted by molar-refractivity contribution is -0.127. The van der Waals surface area contributed by atoms with E-state index in [0.29, 0.717) is 13.1 Å². The number of likely N-dealkylation sites (N-methyl/N-ethyl adjacent to an activating group) is 1. The average Bonchev–Trinajstić information content (AvgIpc) is 2.76. The van der Waals surface area contributed by atoms with E-state index in [1.807, 2.05) is 26.2 Å². The van der Waals surface area contributed by atoms with Gasteiger partial charge in [-0.15, -0.1) is 0 Å². The second-order valence-corrected chi connectivity index (χ2v) is 4.57. The highest BCUT2D eigenvalue weighted by atomic mass is 16.2. The molecule has 1 aromatic heterocycles. The van der Waals surface area contributed by atoms with Crippen LogP contribution in [0.15, 0.2) is 12.3 Å². The molecule has 1 saturated heterocycles. The highest BCUT2D eigenvalue weighted by Crippen LogP contribution is 2.09. The second-order valence-electron chi connectivity index (χ2n) is 4.57. The third-order valence-corrected chi connectivity index (χ3v) is 3.14. The molecular formula is C12H21N5O. The van der Waals surface area contributed by atoms with E-state index < -0.39 is 0 Å². The van der Waals surface area contributed by atoms with E-state index in [0.717, 1.165) is 25.3 Å². The molecule has 2 N–H and O–H groups in total. The Bertz CT molecular complexity index is 403. The predicted molar refractivity (Wildman–Crippen MR) is 69.0 cm³/mol. The lowest BCUT2D eigenvalue weighted by Gasteiger charge is -2.34. The lowest BCUT2D eigenvalue weighted by atomic mass is 10.1. The van der Waals surface area contributed by atoms with E-state index in [2.05, 4.69) is 20.6 Å². The Balaban J connectivity index is 2.01. The van der Waals surface area contributed by atoms with Crippen molar-refractivity contribution >= 4 is 5.91 Å². The van der Waals surface area contributed by atoms with Gasteiger partial charge in [-0.25, -0.2) is 0 Å². The Morgan fingerprint density at radius 3 is 3.17 bits per heavy atom. The van der Waals surface area contributed by atoms with Crippen molar-refractivity contribution in [3.8, 4) is 0 Å². The highest BCUT2D eigenvalue weighted by molar-refractivity contribution is 5.82. The summed E-state index contributed by atoms with van der Waals surface area (Å²) in [6, 6.07) is 1.90. The van der Waals surface area contributed by atoms with Crippen LogP contribution in [0.4, 0.5) is 0 Å². The van der Waals surface area contributed by atoms with Crippen molar-refractivity contribution in [2.45, 2.75) is 19.5 Å². The zero-order valence-corrected chi connectivity index (χ0v) is 11.0. The standard InChI is InChI=1S/C12H21N5O/c1-3-14-12(18)11-8-13-5-7-17(11)9-10-4-6-16(2)15-10/h4,6,11,13H,3,5,7-9H2,1-2H3,(H,14,18). The van der Waals surface area contributed by atoms with E-state index in [-0.39, 0.29) is 11.9 Å². The molecule has 1 aromatic rings. The van der Waals surface area contributed by atoms with Gasteiger partial charge in [0.05, 0.1) is 5.69 Å². The van der Waals surface area contributed by atoms with Crippen molar-refractivity contribution in [3.63, 3.8) is 0 Å². The number of piperazine rings is 1. The fourth-order valence-corrected chi connectivity index (χ4v) is 2.24. The van der Waals surface area contributed by atoms with Gasteiger partial charge in [0.2, 0.25) is 5.91 Å². The quantitative estimate of drug-likeness (QED) is 0.745. The molecular weight excluding hydrogens is 230 g/mol. The Morgan fingerprint density at radius 2 is 2.50 bits per heavy atom. The first-order valence-corrected chi connectivity index (χ1v) is 6.41. The van der Waals surface area contributed by atoms with Crippen LogP contribution in [0.25, 0.3) is 0 Å². The van der Waals surface area contributed by atoms with Crippen LogP contribution >= 0.6 is 0 Å². The van der Waals surface area contributed by atoms with Gasteiger partial charge in [-0.2, -0.15) is 5.10 Å². The van der Waals surface area contributed by atoms with Crippen LogP contribution in [0.2, 0.25) is 0 Å². The van der Waals surface area contributed by atoms with Gasteiger partial charge in [-0.3, -0.25) is 14.4 Å². The molecule has 0 bridgehead atoms. The van der Waals surface area contributed by atoms with Crippen molar-refractivity contribution in [3.05, 3.63) is 18.0 Å². The molecule has 1 aliphatic rings. The first-order chi connectivity index (χ1) is 8.70. The van der Waals surface area contributed by atoms with Crippen LogP contribution in [0.3, 0.4) is 0 Å². The molecule has 0 spiro atoms. The summed E-state index contributed by atoms with van der Waals surface area (Å²) < 4.78 is 1.79. The van der Waals surface area contributed by atoms with Gasteiger partial charge in [-0.1, -0.05) is 0 Å². The summed E-state index contributed by atoms with van der Waals surface area (Å²) in [4.78, 5) is 14.2. The maximum atomic E-state index is 12.0. The molecule has 1 fully saturated rings. The fraction of sp³-hybridized carbons (Fsp3) is 0.667. The smallest absolute Gasteiger partial charge is 0.238 e. The predicted octanol–water partition coefficient (Wildman–Crippen LogP) is -0.670. The lowest BCUT2D eigenvalue weighted by Crippen LogP contribution is -2.57. The second kappa shape index (κ2) is 5.97. The van der Waals surface area contributed by atoms with E-state index in [4.69, 9.17) is 0 Å². The minimum absolute atomic E-state index is 0.0966. The Morgan fingerprint density at radius 1 is 1.67 bits per heavy atom. The number of hydrogen-bond donors (Lipinski definition) is 2. The van der Waals surface area contributed by atoms with Crippen LogP contribution in [0, 0.1) is 0 Å². The van der Waals surface area contributed by atoms with E-state index in [1.165, 1.54) is 0 Å². The SMILES string of the molecule is CCNC(=O)C1CNCCN1Cc1ccn(C)n1. The van der Waals surface area contributed by atoms with Crippen LogP contribution in [-0.4, -0.2) is 52.8 Å². The van der Waals surface area contributed by atoms with Gasteiger partial charge in [0.25, 0.3) is 0 Å². The minimum atomic E-state index is -0.0966. The molecule has 2 rings (SSSR count). The molecule has 2 heterocycles. The highest BCUT2D eigenvalue weighted by Gasteiger charge is 2.28. The monoisotopic (exact) mass is 251 g/mol. The van der Waals surface area contributed by atoms with Crippen LogP contribution in [0.1, 0.15) is 12.6 Å². The van der Waals surface area contributed by atoms with Crippen LogP contribution in [-0.2, 0) is 18.4 Å². The van der Waals surface area contributed by atoms with Crippen molar-refractivity contribution in [2.75, 3.05) is 26.2 Å². The molecule has 0 aromatic carbocycles. The zero-order valence-electron chi connectivity index (χ0n) is 11.0. The molecule has 1 atom stereocenters. The zero-order chi connectivity index (χ0) is 13.0. The third-order valence-electron chi connectivity index (χ3n) is 3.14. The summed E-state index contributed by atoms with van der Waals surface area (Å²) in [7, 11) is 1.91. The summed E-state index contributed by atoms with van der Waals surface area (Å²) >= 11 is 0. The number of rotatable bonds is 4. The van der Waals surface area contributed by atoms with Crippen molar-refractivity contribution in [2.24, 2.45) is 7.05 Å². The number of carbonyl (C=O) groups is 1. The van der Waals surface area contributed by atoms with Gasteiger partial charge in [-0.05, 0) is 13.0 Å². The molecule has 0 radical (unpaired) electrons. The Kier molecular flexibility index (Phi) is 4.33. The Hall–Kier alpha value is -1.40. The molecule has 0 aliphatic carbocycles. The first-order valence-electron chi connectivity index (χ1n) is 6.41. The maximum absolute atomic E-state index is 12.0. The van der Waals surface area contributed by atoms with Gasteiger partial charge in [0, 0.05) is 46.0 Å². The molecule has 1 unspecified atom stereocenters. The average molecular weight is 251 g/mol. The Labute approximate surface area is 107 Å².